The van der Waals surface area contributed by atoms with E-state index in [1.165, 1.54) is 4.88 Å². The van der Waals surface area contributed by atoms with Gasteiger partial charge in [-0.2, -0.15) is 0 Å². The first-order valence-corrected chi connectivity index (χ1v) is 7.72. The smallest absolute Gasteiger partial charge is 0.209 e. The van der Waals surface area contributed by atoms with Crippen molar-refractivity contribution in [1.82, 2.24) is 25.5 Å². The van der Waals surface area contributed by atoms with E-state index in [0.29, 0.717) is 0 Å². The minimum absolute atomic E-state index is 0.789. The van der Waals surface area contributed by atoms with Crippen LogP contribution < -0.4 is 5.32 Å². The Morgan fingerprint density at radius 3 is 3.18 bits per heavy atom. The number of nitrogens with one attached hydrogen (secondary N) is 1. The van der Waals surface area contributed by atoms with Gasteiger partial charge in [-0.3, -0.25) is 0 Å². The van der Waals surface area contributed by atoms with E-state index in [1.807, 2.05) is 11.7 Å². The van der Waals surface area contributed by atoms with Crippen molar-refractivity contribution < 1.29 is 0 Å². The molecule has 0 bridgehead atoms. The molecular formula is C9H12BrN5S2. The van der Waals surface area contributed by atoms with Crippen molar-refractivity contribution in [2.24, 2.45) is 0 Å². The lowest BCUT2D eigenvalue weighted by molar-refractivity contribution is 0.530. The van der Waals surface area contributed by atoms with Gasteiger partial charge in [0.1, 0.15) is 0 Å². The van der Waals surface area contributed by atoms with Crippen molar-refractivity contribution in [3.8, 4) is 0 Å². The van der Waals surface area contributed by atoms with E-state index >= 15 is 0 Å². The summed E-state index contributed by atoms with van der Waals surface area (Å²) in [6.45, 7) is 1.65. The van der Waals surface area contributed by atoms with Crippen molar-refractivity contribution >= 4 is 39.0 Å². The normalized spacial score (nSPS) is 10.9. The van der Waals surface area contributed by atoms with Crippen molar-refractivity contribution in [1.29, 1.82) is 0 Å². The second-order valence-corrected chi connectivity index (χ2v) is 6.07. The molecule has 8 heteroatoms. The zero-order valence-electron chi connectivity index (χ0n) is 9.26. The molecule has 0 aromatic carbocycles. The standard InChI is InChI=1S/C9H12BrN5S2/c1-11-3-4-15-9(12-13-14-15)17-6-8-7(10)2-5-16-8/h2,5,11H,3-4,6H2,1H3. The lowest BCUT2D eigenvalue weighted by Crippen LogP contribution is -2.16. The second-order valence-electron chi connectivity index (χ2n) is 3.27. The van der Waals surface area contributed by atoms with Crippen LogP contribution in [0.25, 0.3) is 0 Å². The quantitative estimate of drug-likeness (QED) is 0.819. The summed E-state index contributed by atoms with van der Waals surface area (Å²) in [5.74, 6) is 0.887. The number of nitrogens with zero attached hydrogens (tertiary/aromatic N) is 4. The lowest BCUT2D eigenvalue weighted by Gasteiger charge is -2.03. The Morgan fingerprint density at radius 2 is 2.47 bits per heavy atom. The molecule has 1 N–H and O–H groups in total. The third-order valence-corrected chi connectivity index (χ3v) is 5.19. The topological polar surface area (TPSA) is 55.6 Å². The Hall–Kier alpha value is -0.440. The van der Waals surface area contributed by atoms with Crippen LogP contribution in [-0.2, 0) is 12.3 Å². The monoisotopic (exact) mass is 333 g/mol. The molecule has 0 saturated heterocycles. The molecular weight excluding hydrogens is 322 g/mol. The molecule has 17 heavy (non-hydrogen) atoms. The zero-order valence-corrected chi connectivity index (χ0v) is 12.5. The number of thiophene rings is 1. The zero-order chi connectivity index (χ0) is 12.1. The molecule has 0 unspecified atom stereocenters. The van der Waals surface area contributed by atoms with Crippen molar-refractivity contribution in [2.45, 2.75) is 17.5 Å². The third kappa shape index (κ3) is 3.51. The average molecular weight is 334 g/mol. The number of aromatic nitrogens is 4. The van der Waals surface area contributed by atoms with E-state index in [0.717, 1.165) is 28.5 Å². The molecule has 0 aliphatic carbocycles. The van der Waals surface area contributed by atoms with Crippen molar-refractivity contribution in [3.63, 3.8) is 0 Å². The Bertz CT molecular complexity index is 469. The van der Waals surface area contributed by atoms with Gasteiger partial charge in [0.15, 0.2) is 0 Å². The Kier molecular flexibility index (Phi) is 4.96. The fraction of sp³-hybridized carbons (Fsp3) is 0.444. The van der Waals surface area contributed by atoms with Crippen molar-refractivity contribution in [2.75, 3.05) is 13.6 Å². The number of thioether (sulfide) groups is 1. The van der Waals surface area contributed by atoms with Crippen LogP contribution in [-0.4, -0.2) is 33.8 Å². The predicted octanol–water partition coefficient (Wildman–Crippen LogP) is 2.01. The molecule has 0 aliphatic rings. The number of rotatable bonds is 6. The molecule has 5 nitrogen and oxygen atoms in total. The van der Waals surface area contributed by atoms with Gasteiger partial charge in [-0.1, -0.05) is 11.8 Å². The molecule has 0 atom stereocenters. The highest BCUT2D eigenvalue weighted by Gasteiger charge is 2.08. The molecule has 0 spiro atoms. The SMILES string of the molecule is CNCCn1nnnc1SCc1sccc1Br. The molecule has 0 amide bonds. The van der Waals surface area contributed by atoms with E-state index in [1.54, 1.807) is 23.1 Å². The largest absolute Gasteiger partial charge is 0.318 e. The summed E-state index contributed by atoms with van der Waals surface area (Å²) in [6.07, 6.45) is 0. The summed E-state index contributed by atoms with van der Waals surface area (Å²) in [5.41, 5.74) is 0. The first-order chi connectivity index (χ1) is 8.31. The summed E-state index contributed by atoms with van der Waals surface area (Å²) in [4.78, 5) is 1.30. The van der Waals surface area contributed by atoms with Crippen LogP contribution in [0.5, 0.6) is 0 Å². The fourth-order valence-corrected chi connectivity index (χ4v) is 3.91. The molecule has 2 aromatic rings. The van der Waals surface area contributed by atoms with Gasteiger partial charge in [-0.05, 0) is 44.9 Å². The molecule has 2 aromatic heterocycles. The Morgan fingerprint density at radius 1 is 1.59 bits per heavy atom. The molecule has 92 valence electrons. The van der Waals surface area contributed by atoms with E-state index in [2.05, 4.69) is 48.2 Å². The first kappa shape index (κ1) is 13.0. The molecule has 0 aliphatic heterocycles. The summed E-state index contributed by atoms with van der Waals surface area (Å²) < 4.78 is 2.98. The number of likely N-dealkylation sites (N-methyl/N-ethyl adjacent to an activating group) is 1. The maximum atomic E-state index is 4.02. The minimum Gasteiger partial charge on any atom is -0.318 e. The summed E-state index contributed by atoms with van der Waals surface area (Å²) >= 11 is 6.91. The number of hydrogen-bond acceptors (Lipinski definition) is 6. The van der Waals surface area contributed by atoms with E-state index in [9.17, 15) is 0 Å². The lowest BCUT2D eigenvalue weighted by atomic mass is 10.5. The Labute approximate surface area is 116 Å². The van der Waals surface area contributed by atoms with Gasteiger partial charge in [0.2, 0.25) is 5.16 Å². The number of halogens is 1. The van der Waals surface area contributed by atoms with Gasteiger partial charge in [-0.25, -0.2) is 4.68 Å². The van der Waals surface area contributed by atoms with Crippen LogP contribution in [0, 0.1) is 0 Å². The highest BCUT2D eigenvalue weighted by atomic mass is 79.9. The second kappa shape index (κ2) is 6.48. The highest BCUT2D eigenvalue weighted by Crippen LogP contribution is 2.29. The van der Waals surface area contributed by atoms with Gasteiger partial charge in [-0.15, -0.1) is 16.4 Å². The fourth-order valence-electron chi connectivity index (χ4n) is 1.22. The Balaban J connectivity index is 1.95. The van der Waals surface area contributed by atoms with E-state index in [4.69, 9.17) is 0 Å². The minimum atomic E-state index is 0.789. The summed E-state index contributed by atoms with van der Waals surface area (Å²) in [7, 11) is 1.92. The van der Waals surface area contributed by atoms with Crippen LogP contribution in [0.15, 0.2) is 21.1 Å². The van der Waals surface area contributed by atoms with Gasteiger partial charge < -0.3 is 5.32 Å². The predicted molar refractivity (Wildman–Crippen MR) is 73.3 cm³/mol. The maximum Gasteiger partial charge on any atom is 0.209 e. The van der Waals surface area contributed by atoms with Crippen LogP contribution in [0.2, 0.25) is 0 Å². The number of tetrazole rings is 1. The van der Waals surface area contributed by atoms with Gasteiger partial charge in [0, 0.05) is 21.6 Å². The molecule has 0 radical (unpaired) electrons. The van der Waals surface area contributed by atoms with Crippen LogP contribution in [0.4, 0.5) is 0 Å². The third-order valence-electron chi connectivity index (χ3n) is 2.10. The maximum absolute atomic E-state index is 4.02. The van der Waals surface area contributed by atoms with Gasteiger partial charge in [0.05, 0.1) is 6.54 Å². The van der Waals surface area contributed by atoms with Crippen LogP contribution in [0.1, 0.15) is 4.88 Å². The van der Waals surface area contributed by atoms with Crippen LogP contribution >= 0.6 is 39.0 Å². The van der Waals surface area contributed by atoms with E-state index in [-0.39, 0.29) is 0 Å². The average Bonchev–Trinajstić information content (AvgIpc) is 2.93. The van der Waals surface area contributed by atoms with E-state index < -0.39 is 0 Å². The van der Waals surface area contributed by atoms with Crippen LogP contribution in [0.3, 0.4) is 0 Å². The number of hydrogen-bond donors (Lipinski definition) is 1. The van der Waals surface area contributed by atoms with Gasteiger partial charge in [0.25, 0.3) is 0 Å². The molecule has 0 saturated carbocycles. The first-order valence-electron chi connectivity index (χ1n) is 5.06. The molecule has 2 rings (SSSR count). The summed E-state index contributed by atoms with van der Waals surface area (Å²) in [6, 6.07) is 2.06. The molecule has 2 heterocycles. The van der Waals surface area contributed by atoms with Crippen molar-refractivity contribution in [3.05, 3.63) is 20.8 Å². The summed E-state index contributed by atoms with van der Waals surface area (Å²) in [5, 5.41) is 17.7. The molecule has 0 fully saturated rings. The highest BCUT2D eigenvalue weighted by molar-refractivity contribution is 9.10. The van der Waals surface area contributed by atoms with Gasteiger partial charge >= 0.3 is 0 Å².